The molecule has 0 fully saturated rings. The molecule has 0 spiro atoms. The highest BCUT2D eigenvalue weighted by atomic mass is 15.1. The van der Waals surface area contributed by atoms with Crippen molar-refractivity contribution in [2.45, 2.75) is 255 Å². The largest absolute Gasteiger partial charge is 0.264 e. The van der Waals surface area contributed by atoms with Gasteiger partial charge in [0.05, 0.1) is 46.2 Å². The van der Waals surface area contributed by atoms with E-state index in [-0.39, 0.29) is 7.43 Å². The molecule has 6 aromatic carbocycles. The first-order chi connectivity index (χ1) is 55.7. The molecule has 0 aliphatic heterocycles. The van der Waals surface area contributed by atoms with E-state index in [0.29, 0.717) is 0 Å². The Morgan fingerprint density at radius 3 is 0.920 bits per heavy atom. The third-order valence-electron chi connectivity index (χ3n) is 12.3. The van der Waals surface area contributed by atoms with Crippen LogP contribution in [-0.4, -0.2) is 65.3 Å². The maximum Gasteiger partial charge on any atom is 0.159 e. The Bertz CT molecular complexity index is 3100. The summed E-state index contributed by atoms with van der Waals surface area (Å²) in [5.74, 6) is 0. The summed E-state index contributed by atoms with van der Waals surface area (Å²) < 4.78 is 0. The van der Waals surface area contributed by atoms with Gasteiger partial charge in [0.2, 0.25) is 0 Å². The standard InChI is InChI=1S/C9H7N.C9H11N.C9H7N.5C8H6N2.16C2H6.CH4/c1-2-6-9-8(4-1)5-3-7-10-9;2*1-2-4-9-7-10-6-5-8(9)3-1;1-3-7-4-2-6-10-8(7)9-5-1;1-2-4-8-7(3-1)5-9-6-10-8;1-2-4-8-6-10-9-5-7(8)3-1;1-2-4-8-7(3-1)9-5-6-10-8;1-2-4-8-7(3-1)5-6-9-10-8;16*1-2;/h1-7H;5-7H,1-4H2;1-7H;5*1-6H;16*1-2H3;1H4. The minimum Gasteiger partial charge on any atom is -0.264 e. The van der Waals surface area contributed by atoms with E-state index in [4.69, 9.17) is 0 Å². The molecule has 15 aromatic rings. The van der Waals surface area contributed by atoms with E-state index in [1.165, 1.54) is 53.0 Å². The monoisotopic (exact) mass is 1540 g/mol. The number of aromatic nitrogens is 13. The Morgan fingerprint density at radius 2 is 0.504 bits per heavy atom. The van der Waals surface area contributed by atoms with Gasteiger partial charge in [-0.2, -0.15) is 20.4 Å². The van der Waals surface area contributed by atoms with E-state index < -0.39 is 0 Å². The first-order valence-corrected chi connectivity index (χ1v) is 42.0. The molecule has 9 heterocycles. The summed E-state index contributed by atoms with van der Waals surface area (Å²) in [6.45, 7) is 64.0. The number of para-hydroxylation sites is 4. The lowest BCUT2D eigenvalue weighted by atomic mass is 9.94. The van der Waals surface area contributed by atoms with Gasteiger partial charge in [-0.05, 0) is 126 Å². The lowest BCUT2D eigenvalue weighted by Crippen LogP contribution is -2.01. The van der Waals surface area contributed by atoms with Gasteiger partial charge in [0.25, 0.3) is 0 Å². The molecule has 0 saturated carbocycles. The average molecular weight is 1540 g/mol. The van der Waals surface area contributed by atoms with Crippen LogP contribution in [0, 0.1) is 0 Å². The minimum atomic E-state index is 0. The van der Waals surface area contributed by atoms with Crippen molar-refractivity contribution < 1.29 is 0 Å². The first kappa shape index (κ1) is 121. The lowest BCUT2D eigenvalue weighted by Gasteiger charge is -2.13. The Hall–Kier alpha value is -10.8. The second-order valence-corrected chi connectivity index (χ2v) is 17.7. The Morgan fingerprint density at radius 1 is 0.195 bits per heavy atom. The quantitative estimate of drug-likeness (QED) is 0.141. The molecule has 0 N–H and O–H groups in total. The highest BCUT2D eigenvalue weighted by Gasteiger charge is 2.07. The van der Waals surface area contributed by atoms with Crippen molar-refractivity contribution in [3.8, 4) is 0 Å². The molecule has 16 rings (SSSR count). The maximum absolute atomic E-state index is 4.18. The number of benzene rings is 6. The highest BCUT2D eigenvalue weighted by Crippen LogP contribution is 2.19. The molecular weight excluding hydrogens is 1380 g/mol. The van der Waals surface area contributed by atoms with Crippen molar-refractivity contribution in [2.75, 3.05) is 0 Å². The Kier molecular flexibility index (Phi) is 106. The van der Waals surface area contributed by atoms with E-state index in [1.807, 2.05) is 429 Å². The number of fused-ring (bicyclic) bond motifs is 8. The second-order valence-electron chi connectivity index (χ2n) is 17.7. The average Bonchev–Trinajstić information content (AvgIpc) is 0.951. The molecule has 113 heavy (non-hydrogen) atoms. The molecule has 0 amide bonds. The van der Waals surface area contributed by atoms with E-state index >= 15 is 0 Å². The van der Waals surface area contributed by atoms with Crippen molar-refractivity contribution in [1.82, 2.24) is 65.3 Å². The zero-order valence-corrected chi connectivity index (χ0v) is 75.8. The lowest BCUT2D eigenvalue weighted by molar-refractivity contribution is 0.682. The topological polar surface area (TPSA) is 168 Å². The fourth-order valence-corrected chi connectivity index (χ4v) is 8.21. The molecule has 9 aromatic heterocycles. The van der Waals surface area contributed by atoms with Gasteiger partial charge in [0.15, 0.2) is 5.65 Å². The third kappa shape index (κ3) is 56.1. The zero-order chi connectivity index (χ0) is 86.5. The van der Waals surface area contributed by atoms with E-state index in [0.717, 1.165) is 60.2 Å². The van der Waals surface area contributed by atoms with Gasteiger partial charge in [-0.3, -0.25) is 24.9 Å². The summed E-state index contributed by atoms with van der Waals surface area (Å²) >= 11 is 0. The molecule has 1 aliphatic carbocycles. The molecule has 0 atom stereocenters. The van der Waals surface area contributed by atoms with Gasteiger partial charge >= 0.3 is 0 Å². The summed E-state index contributed by atoms with van der Waals surface area (Å²) in [6, 6.07) is 65.8. The van der Waals surface area contributed by atoms with Gasteiger partial charge in [0.1, 0.15) is 6.33 Å². The van der Waals surface area contributed by atoms with Crippen LogP contribution in [0.5, 0.6) is 0 Å². The van der Waals surface area contributed by atoms with E-state index in [1.54, 1.807) is 49.7 Å². The number of nitrogens with zero attached hydrogens (tertiary/aromatic N) is 13. The van der Waals surface area contributed by atoms with Crippen LogP contribution >= 0.6 is 0 Å². The van der Waals surface area contributed by atoms with Crippen LogP contribution in [-0.2, 0) is 12.8 Å². The first-order valence-electron chi connectivity index (χ1n) is 42.0. The van der Waals surface area contributed by atoms with Gasteiger partial charge in [-0.1, -0.05) is 350 Å². The minimum absolute atomic E-state index is 0. The normalized spacial score (nSPS) is 8.50. The van der Waals surface area contributed by atoms with Crippen molar-refractivity contribution >= 4 is 76.3 Å². The van der Waals surface area contributed by atoms with Gasteiger partial charge in [-0.25, -0.2) is 19.9 Å². The highest BCUT2D eigenvalue weighted by molar-refractivity contribution is 5.82. The molecular formula is C100H155N13. The van der Waals surface area contributed by atoms with Crippen LogP contribution in [0.1, 0.15) is 253 Å². The van der Waals surface area contributed by atoms with Crippen LogP contribution in [0.15, 0.2) is 287 Å². The molecule has 0 unspecified atom stereocenters. The van der Waals surface area contributed by atoms with E-state index in [2.05, 4.69) is 95.6 Å². The summed E-state index contributed by atoms with van der Waals surface area (Å²) in [6.07, 6.45) is 30.1. The molecule has 1 aliphatic rings. The predicted molar refractivity (Wildman–Crippen MR) is 510 cm³/mol. The maximum atomic E-state index is 4.18. The van der Waals surface area contributed by atoms with Crippen LogP contribution in [0.4, 0.5) is 0 Å². The Balaban J connectivity index is -0.000000148. The van der Waals surface area contributed by atoms with Gasteiger partial charge < -0.3 is 0 Å². The fraction of sp³-hybridized carbons (Fsp3) is 0.370. The van der Waals surface area contributed by atoms with Crippen LogP contribution < -0.4 is 0 Å². The molecule has 0 radical (unpaired) electrons. The van der Waals surface area contributed by atoms with Crippen molar-refractivity contribution in [3.63, 3.8) is 0 Å². The fourth-order valence-electron chi connectivity index (χ4n) is 8.21. The molecule has 0 bridgehead atoms. The molecule has 13 nitrogen and oxygen atoms in total. The van der Waals surface area contributed by atoms with Crippen LogP contribution in [0.2, 0.25) is 0 Å². The molecule has 0 saturated heterocycles. The summed E-state index contributed by atoms with van der Waals surface area (Å²) in [5.41, 5.74) is 8.70. The number of rotatable bonds is 0. The molecule has 13 heteroatoms. The summed E-state index contributed by atoms with van der Waals surface area (Å²) in [5, 5.41) is 24.5. The smallest absolute Gasteiger partial charge is 0.159 e. The zero-order valence-electron chi connectivity index (χ0n) is 75.8. The number of pyridine rings is 5. The van der Waals surface area contributed by atoms with Gasteiger partial charge in [-0.15, -0.1) is 0 Å². The summed E-state index contributed by atoms with van der Waals surface area (Å²) in [7, 11) is 0. The third-order valence-corrected chi connectivity index (χ3v) is 12.3. The SMILES string of the molecule is C.CC.CC.CC.CC.CC.CC.CC.CC.CC.CC.CC.CC.CC.CC.CC.CC.c1cc2c(cn1)CCCC2.c1ccc2cnccc2c1.c1ccc2cnncc2c1.c1ccc2ncccc2c1.c1ccc2nccnc2c1.c1ccc2ncncc2c1.c1ccc2nnccc2c1.c1cnc2ncccc2c1. The molecule has 620 valence electrons. The Labute approximate surface area is 690 Å². The predicted octanol–water partition coefficient (Wildman–Crippen LogP) is 31.6. The van der Waals surface area contributed by atoms with Gasteiger partial charge in [0, 0.05) is 94.3 Å². The van der Waals surface area contributed by atoms with E-state index in [9.17, 15) is 0 Å². The van der Waals surface area contributed by atoms with Crippen molar-refractivity contribution in [2.24, 2.45) is 0 Å². The number of hydrogen-bond donors (Lipinski definition) is 0. The van der Waals surface area contributed by atoms with Crippen LogP contribution in [0.25, 0.3) is 76.3 Å². The number of hydrogen-bond acceptors (Lipinski definition) is 13. The van der Waals surface area contributed by atoms with Crippen molar-refractivity contribution in [1.29, 1.82) is 0 Å². The summed E-state index contributed by atoms with van der Waals surface area (Å²) in [4.78, 5) is 36.6. The van der Waals surface area contributed by atoms with Crippen molar-refractivity contribution in [3.05, 3.63) is 298 Å². The van der Waals surface area contributed by atoms with Crippen LogP contribution in [0.3, 0.4) is 0 Å². The second kappa shape index (κ2) is 99.2. The number of aryl methyl sites for hydroxylation is 2.